The summed E-state index contributed by atoms with van der Waals surface area (Å²) in [5.74, 6) is -0.0922. The minimum absolute atomic E-state index is 0.0786. The average molecular weight is 419 g/mol. The van der Waals surface area contributed by atoms with Gasteiger partial charge in [-0.2, -0.15) is 0 Å². The molecule has 0 amide bonds. The largest absolute Gasteiger partial charge is 0.462 e. The zero-order valence-electron chi connectivity index (χ0n) is 16.9. The van der Waals surface area contributed by atoms with Crippen molar-refractivity contribution in [1.29, 1.82) is 0 Å². The third kappa shape index (κ3) is 5.69. The molecule has 0 saturated carbocycles. The van der Waals surface area contributed by atoms with Gasteiger partial charge in [-0.1, -0.05) is 49.2 Å². The highest BCUT2D eigenvalue weighted by atomic mass is 35.5. The van der Waals surface area contributed by atoms with Crippen molar-refractivity contribution in [3.8, 4) is 0 Å². The van der Waals surface area contributed by atoms with E-state index in [4.69, 9.17) is 28.6 Å². The molecule has 0 aliphatic rings. The summed E-state index contributed by atoms with van der Waals surface area (Å²) in [7, 11) is 0. The van der Waals surface area contributed by atoms with Crippen LogP contribution in [0.3, 0.4) is 0 Å². The molecule has 0 fully saturated rings. The lowest BCUT2D eigenvalue weighted by molar-refractivity contribution is 0.0526. The Balaban J connectivity index is 2.13. The van der Waals surface area contributed by atoms with Crippen molar-refractivity contribution >= 4 is 40.6 Å². The highest BCUT2D eigenvalue weighted by molar-refractivity contribution is 7.80. The summed E-state index contributed by atoms with van der Waals surface area (Å²) in [5, 5.41) is 7.37. The molecule has 28 heavy (non-hydrogen) atoms. The van der Waals surface area contributed by atoms with Crippen LogP contribution in [-0.4, -0.2) is 17.7 Å². The van der Waals surface area contributed by atoms with Crippen LogP contribution in [0.5, 0.6) is 0 Å². The molecule has 0 bridgehead atoms. The number of halogens is 1. The molecule has 1 atom stereocenters. The first-order valence-electron chi connectivity index (χ1n) is 9.34. The van der Waals surface area contributed by atoms with Gasteiger partial charge >= 0.3 is 5.97 Å². The van der Waals surface area contributed by atoms with Gasteiger partial charge in [0.05, 0.1) is 23.2 Å². The van der Waals surface area contributed by atoms with E-state index in [1.165, 1.54) is 16.7 Å². The van der Waals surface area contributed by atoms with Crippen LogP contribution >= 0.6 is 23.8 Å². The summed E-state index contributed by atoms with van der Waals surface area (Å²) < 4.78 is 5.00. The van der Waals surface area contributed by atoms with Gasteiger partial charge in [0.1, 0.15) is 0 Å². The van der Waals surface area contributed by atoms with Gasteiger partial charge in [-0.05, 0) is 68.2 Å². The molecule has 2 aromatic carbocycles. The van der Waals surface area contributed by atoms with E-state index in [1.807, 2.05) is 0 Å². The second kappa shape index (κ2) is 9.89. The van der Waals surface area contributed by atoms with Gasteiger partial charge in [-0.3, -0.25) is 0 Å². The van der Waals surface area contributed by atoms with Crippen LogP contribution in [0, 0.1) is 19.8 Å². The lowest BCUT2D eigenvalue weighted by atomic mass is 9.92. The minimum Gasteiger partial charge on any atom is -0.462 e. The smallest absolute Gasteiger partial charge is 0.339 e. The van der Waals surface area contributed by atoms with Crippen molar-refractivity contribution in [2.45, 2.75) is 40.7 Å². The maximum absolute atomic E-state index is 11.9. The van der Waals surface area contributed by atoms with E-state index in [-0.39, 0.29) is 6.04 Å². The van der Waals surface area contributed by atoms with Crippen molar-refractivity contribution in [3.63, 3.8) is 0 Å². The summed E-state index contributed by atoms with van der Waals surface area (Å²) in [4.78, 5) is 11.9. The van der Waals surface area contributed by atoms with Crippen LogP contribution in [0.1, 0.15) is 53.9 Å². The molecular weight excluding hydrogens is 392 g/mol. The van der Waals surface area contributed by atoms with Gasteiger partial charge in [-0.15, -0.1) is 0 Å². The number of benzene rings is 2. The Labute approximate surface area is 177 Å². The zero-order chi connectivity index (χ0) is 20.8. The number of carbonyl (C=O) groups excluding carboxylic acids is 1. The maximum Gasteiger partial charge on any atom is 0.339 e. The Morgan fingerprint density at radius 3 is 2.46 bits per heavy atom. The first-order valence-corrected chi connectivity index (χ1v) is 10.1. The van der Waals surface area contributed by atoms with Crippen LogP contribution < -0.4 is 10.6 Å². The predicted octanol–water partition coefficient (Wildman–Crippen LogP) is 5.82. The molecule has 150 valence electrons. The third-order valence-corrected chi connectivity index (χ3v) is 4.97. The molecular formula is C22H27ClN2O2S. The third-order valence-electron chi connectivity index (χ3n) is 4.44. The highest BCUT2D eigenvalue weighted by Gasteiger charge is 2.19. The van der Waals surface area contributed by atoms with E-state index in [9.17, 15) is 4.79 Å². The Kier molecular flexibility index (Phi) is 7.84. The Morgan fingerprint density at radius 2 is 1.89 bits per heavy atom. The topological polar surface area (TPSA) is 50.4 Å². The molecule has 2 aromatic rings. The molecule has 6 heteroatoms. The van der Waals surface area contributed by atoms with Crippen molar-refractivity contribution in [2.75, 3.05) is 11.9 Å². The van der Waals surface area contributed by atoms with E-state index in [0.717, 1.165) is 0 Å². The normalized spacial score (nSPS) is 11.8. The summed E-state index contributed by atoms with van der Waals surface area (Å²) >= 11 is 11.7. The lowest BCUT2D eigenvalue weighted by Gasteiger charge is -2.26. The van der Waals surface area contributed by atoms with Crippen LogP contribution in [0.4, 0.5) is 5.69 Å². The number of hydrogen-bond donors (Lipinski definition) is 2. The lowest BCUT2D eigenvalue weighted by Crippen LogP contribution is -2.35. The number of ether oxygens (including phenoxy) is 1. The number of rotatable bonds is 6. The summed E-state index contributed by atoms with van der Waals surface area (Å²) in [6.07, 6.45) is 0. The number of hydrogen-bond acceptors (Lipinski definition) is 3. The van der Waals surface area contributed by atoms with Crippen molar-refractivity contribution in [3.05, 3.63) is 63.7 Å². The number of thiocarbonyl (C=S) groups is 1. The second-order valence-corrected chi connectivity index (χ2v) is 7.91. The summed E-state index contributed by atoms with van der Waals surface area (Å²) in [5.41, 5.74) is 4.74. The van der Waals surface area contributed by atoms with Gasteiger partial charge in [0.2, 0.25) is 0 Å². The van der Waals surface area contributed by atoms with Gasteiger partial charge < -0.3 is 15.4 Å². The van der Waals surface area contributed by atoms with Crippen LogP contribution in [0.15, 0.2) is 36.4 Å². The summed E-state index contributed by atoms with van der Waals surface area (Å²) in [6, 6.07) is 11.6. The van der Waals surface area contributed by atoms with Gasteiger partial charge in [0, 0.05) is 5.69 Å². The first-order chi connectivity index (χ1) is 13.2. The monoisotopic (exact) mass is 418 g/mol. The number of anilines is 1. The van der Waals surface area contributed by atoms with E-state index in [0.29, 0.717) is 33.9 Å². The minimum atomic E-state index is -0.436. The summed E-state index contributed by atoms with van der Waals surface area (Å²) in [6.45, 7) is 10.6. The molecule has 0 radical (unpaired) electrons. The average Bonchev–Trinajstić information content (AvgIpc) is 2.60. The van der Waals surface area contributed by atoms with Crippen molar-refractivity contribution in [1.82, 2.24) is 5.32 Å². The van der Waals surface area contributed by atoms with E-state index in [1.54, 1.807) is 25.1 Å². The molecule has 4 nitrogen and oxygen atoms in total. The number of nitrogens with one attached hydrogen (secondary N) is 2. The second-order valence-electron chi connectivity index (χ2n) is 7.10. The number of aryl methyl sites for hydroxylation is 2. The fourth-order valence-corrected chi connectivity index (χ4v) is 3.56. The Hall–Kier alpha value is -2.11. The molecule has 2 rings (SSSR count). The quantitative estimate of drug-likeness (QED) is 0.457. The van der Waals surface area contributed by atoms with Gasteiger partial charge in [0.15, 0.2) is 5.11 Å². The first kappa shape index (κ1) is 22.2. The van der Waals surface area contributed by atoms with Gasteiger partial charge in [-0.25, -0.2) is 4.79 Å². The van der Waals surface area contributed by atoms with Crippen molar-refractivity contribution < 1.29 is 9.53 Å². The van der Waals surface area contributed by atoms with Gasteiger partial charge in [0.25, 0.3) is 0 Å². The van der Waals surface area contributed by atoms with Crippen LogP contribution in [0.2, 0.25) is 5.02 Å². The van der Waals surface area contributed by atoms with E-state index in [2.05, 4.69) is 56.5 Å². The molecule has 0 unspecified atom stereocenters. The molecule has 0 aliphatic heterocycles. The standard InChI is InChI=1S/C22H27ClN2O2S/c1-6-27-21(26)18-10-8-16(12-19(18)23)24-22(28)25-20(13(2)3)17-9-7-14(4)11-15(17)5/h7-13,20H,6H2,1-5H3,(H2,24,25,28)/t20-/m0/s1. The fourth-order valence-electron chi connectivity index (χ4n) is 3.05. The van der Waals surface area contributed by atoms with Crippen LogP contribution in [-0.2, 0) is 4.74 Å². The van der Waals surface area contributed by atoms with E-state index < -0.39 is 5.97 Å². The Bertz CT molecular complexity index is 868. The molecule has 0 spiro atoms. The molecule has 0 aromatic heterocycles. The Morgan fingerprint density at radius 1 is 1.18 bits per heavy atom. The molecule has 0 heterocycles. The molecule has 0 saturated heterocycles. The molecule has 0 aliphatic carbocycles. The van der Waals surface area contributed by atoms with Crippen molar-refractivity contribution in [2.24, 2.45) is 5.92 Å². The van der Waals surface area contributed by atoms with Crippen LogP contribution in [0.25, 0.3) is 0 Å². The van der Waals surface area contributed by atoms with E-state index >= 15 is 0 Å². The highest BCUT2D eigenvalue weighted by Crippen LogP contribution is 2.26. The SMILES string of the molecule is CCOC(=O)c1ccc(NC(=S)N[C@H](c2ccc(C)cc2C)C(C)C)cc1Cl. The number of carbonyl (C=O) groups is 1. The maximum atomic E-state index is 11.9. The zero-order valence-corrected chi connectivity index (χ0v) is 18.5. The molecule has 2 N–H and O–H groups in total. The number of esters is 1. The fraction of sp³-hybridized carbons (Fsp3) is 0.364. The predicted molar refractivity (Wildman–Crippen MR) is 120 cm³/mol.